The summed E-state index contributed by atoms with van der Waals surface area (Å²) in [6, 6.07) is 0. The molecular formula is C21H28O6. The van der Waals surface area contributed by atoms with Gasteiger partial charge in [0.25, 0.3) is 0 Å². The zero-order valence-corrected chi connectivity index (χ0v) is 16.6. The Morgan fingerprint density at radius 2 is 1.93 bits per heavy atom. The monoisotopic (exact) mass is 376 g/mol. The number of carbonyl (C=O) groups is 3. The van der Waals surface area contributed by atoms with Crippen molar-refractivity contribution in [2.75, 3.05) is 0 Å². The minimum atomic E-state index is -0.612. The molecule has 6 heteroatoms. The van der Waals surface area contributed by atoms with Crippen molar-refractivity contribution in [1.82, 2.24) is 0 Å². The van der Waals surface area contributed by atoms with Crippen molar-refractivity contribution in [3.8, 4) is 0 Å². The Labute approximate surface area is 160 Å². The second kappa shape index (κ2) is 8.55. The number of ether oxygens (including phenoxy) is 3. The average Bonchev–Trinajstić information content (AvgIpc) is 2.83. The van der Waals surface area contributed by atoms with E-state index < -0.39 is 30.2 Å². The molecule has 1 aliphatic heterocycles. The minimum absolute atomic E-state index is 0.278. The first-order valence-electron chi connectivity index (χ1n) is 9.21. The SMILES string of the molecule is C=C1C(=O)O[C@H]2/C=C(/C)[C@@H](OC(C)=O)C/C=C(\C)C[C@@H](OC(=O)C(C)C)[C@@H]12. The summed E-state index contributed by atoms with van der Waals surface area (Å²) < 4.78 is 16.6. The molecule has 1 fully saturated rings. The Bertz CT molecular complexity index is 699. The summed E-state index contributed by atoms with van der Waals surface area (Å²) >= 11 is 0. The van der Waals surface area contributed by atoms with Gasteiger partial charge in [-0.15, -0.1) is 0 Å². The van der Waals surface area contributed by atoms with E-state index >= 15 is 0 Å². The second-order valence-corrected chi connectivity index (χ2v) is 7.55. The van der Waals surface area contributed by atoms with Crippen LogP contribution in [0.2, 0.25) is 0 Å². The number of fused-ring (bicyclic) bond motifs is 1. The summed E-state index contributed by atoms with van der Waals surface area (Å²) in [4.78, 5) is 35.8. The minimum Gasteiger partial charge on any atom is -0.461 e. The van der Waals surface area contributed by atoms with E-state index in [9.17, 15) is 14.4 Å². The zero-order chi connectivity index (χ0) is 20.3. The highest BCUT2D eigenvalue weighted by atomic mass is 16.6. The summed E-state index contributed by atoms with van der Waals surface area (Å²) in [5, 5.41) is 0. The molecule has 27 heavy (non-hydrogen) atoms. The fraction of sp³-hybridized carbons (Fsp3) is 0.571. The van der Waals surface area contributed by atoms with Crippen LogP contribution < -0.4 is 0 Å². The first-order valence-corrected chi connectivity index (χ1v) is 9.21. The average molecular weight is 376 g/mol. The van der Waals surface area contributed by atoms with E-state index in [1.165, 1.54) is 6.92 Å². The first kappa shape index (κ1) is 20.9. The van der Waals surface area contributed by atoms with Gasteiger partial charge in [-0.3, -0.25) is 9.59 Å². The molecule has 0 aromatic rings. The van der Waals surface area contributed by atoms with E-state index in [4.69, 9.17) is 14.2 Å². The molecule has 2 rings (SSSR count). The van der Waals surface area contributed by atoms with Gasteiger partial charge >= 0.3 is 17.9 Å². The lowest BCUT2D eigenvalue weighted by atomic mass is 9.85. The van der Waals surface area contributed by atoms with Crippen LogP contribution in [-0.2, 0) is 28.6 Å². The lowest BCUT2D eigenvalue weighted by molar-refractivity contribution is -0.155. The van der Waals surface area contributed by atoms with Gasteiger partial charge < -0.3 is 14.2 Å². The van der Waals surface area contributed by atoms with Crippen molar-refractivity contribution >= 4 is 17.9 Å². The molecule has 1 aliphatic carbocycles. The summed E-state index contributed by atoms with van der Waals surface area (Å²) in [5.74, 6) is -1.95. The zero-order valence-electron chi connectivity index (χ0n) is 16.6. The van der Waals surface area contributed by atoms with E-state index in [1.807, 2.05) is 19.9 Å². The summed E-state index contributed by atoms with van der Waals surface area (Å²) in [7, 11) is 0. The van der Waals surface area contributed by atoms with Gasteiger partial charge in [-0.2, -0.15) is 0 Å². The fourth-order valence-corrected chi connectivity index (χ4v) is 3.31. The van der Waals surface area contributed by atoms with Gasteiger partial charge in [0.05, 0.1) is 11.8 Å². The Morgan fingerprint density at radius 3 is 2.52 bits per heavy atom. The fourth-order valence-electron chi connectivity index (χ4n) is 3.31. The predicted molar refractivity (Wildman–Crippen MR) is 99.5 cm³/mol. The number of rotatable bonds is 3. The molecule has 6 nitrogen and oxygen atoms in total. The molecule has 0 radical (unpaired) electrons. The summed E-state index contributed by atoms with van der Waals surface area (Å²) in [6.07, 6.45) is 3.12. The topological polar surface area (TPSA) is 78.9 Å². The van der Waals surface area contributed by atoms with Gasteiger partial charge in [0, 0.05) is 25.3 Å². The molecule has 0 spiro atoms. The Balaban J connectivity index is 2.42. The Hall–Kier alpha value is -2.37. The molecule has 0 amide bonds. The molecule has 1 heterocycles. The standard InChI is InChI=1S/C21H28O6/c1-11(2)20(23)26-17-9-12(3)7-8-16(25-15(6)22)13(4)10-18-19(17)14(5)21(24)27-18/h7,10-11,16-19H,5,8-9H2,1-4,6H3/b12-7+,13-10-/t16-,17+,18-,19+/m0/s1. The highest BCUT2D eigenvalue weighted by molar-refractivity contribution is 5.91. The van der Waals surface area contributed by atoms with Gasteiger partial charge in [0.1, 0.15) is 18.3 Å². The van der Waals surface area contributed by atoms with E-state index in [1.54, 1.807) is 19.9 Å². The molecule has 0 saturated carbocycles. The van der Waals surface area contributed by atoms with E-state index in [0.717, 1.165) is 11.1 Å². The van der Waals surface area contributed by atoms with Crippen LogP contribution in [0.1, 0.15) is 47.5 Å². The van der Waals surface area contributed by atoms with Crippen LogP contribution in [0.3, 0.4) is 0 Å². The molecule has 148 valence electrons. The van der Waals surface area contributed by atoms with Gasteiger partial charge in [-0.05, 0) is 25.5 Å². The van der Waals surface area contributed by atoms with Crippen molar-refractivity contribution in [1.29, 1.82) is 0 Å². The molecule has 1 saturated heterocycles. The molecular weight excluding hydrogens is 348 g/mol. The molecule has 0 bridgehead atoms. The maximum Gasteiger partial charge on any atom is 0.334 e. The van der Waals surface area contributed by atoms with Gasteiger partial charge in [-0.1, -0.05) is 32.1 Å². The van der Waals surface area contributed by atoms with Crippen LogP contribution in [0.4, 0.5) is 0 Å². The third kappa shape index (κ3) is 5.08. The molecule has 0 aromatic carbocycles. The first-order chi connectivity index (χ1) is 12.6. The molecule has 0 unspecified atom stereocenters. The Kier molecular flexibility index (Phi) is 6.63. The number of hydrogen-bond donors (Lipinski definition) is 0. The quantitative estimate of drug-likeness (QED) is 0.326. The second-order valence-electron chi connectivity index (χ2n) is 7.55. The van der Waals surface area contributed by atoms with Gasteiger partial charge in [-0.25, -0.2) is 4.79 Å². The highest BCUT2D eigenvalue weighted by Crippen LogP contribution is 2.36. The maximum atomic E-state index is 12.2. The van der Waals surface area contributed by atoms with Crippen molar-refractivity contribution in [2.45, 2.75) is 65.8 Å². The van der Waals surface area contributed by atoms with Crippen LogP contribution in [0, 0.1) is 11.8 Å². The van der Waals surface area contributed by atoms with Crippen molar-refractivity contribution < 1.29 is 28.6 Å². The lowest BCUT2D eigenvalue weighted by Gasteiger charge is -2.29. The molecule has 0 N–H and O–H groups in total. The Morgan fingerprint density at radius 1 is 1.26 bits per heavy atom. The predicted octanol–water partition coefficient (Wildman–Crippen LogP) is 3.27. The van der Waals surface area contributed by atoms with Crippen molar-refractivity contribution in [3.05, 3.63) is 35.5 Å². The van der Waals surface area contributed by atoms with Gasteiger partial charge in [0.2, 0.25) is 0 Å². The summed E-state index contributed by atoms with van der Waals surface area (Å²) in [6.45, 7) is 12.5. The van der Waals surface area contributed by atoms with Crippen LogP contribution in [0.25, 0.3) is 0 Å². The van der Waals surface area contributed by atoms with Crippen LogP contribution in [-0.4, -0.2) is 36.2 Å². The lowest BCUT2D eigenvalue weighted by Crippen LogP contribution is -2.35. The largest absolute Gasteiger partial charge is 0.461 e. The number of carbonyl (C=O) groups excluding carboxylic acids is 3. The van der Waals surface area contributed by atoms with Crippen molar-refractivity contribution in [2.24, 2.45) is 11.8 Å². The van der Waals surface area contributed by atoms with E-state index in [-0.39, 0.29) is 17.9 Å². The maximum absolute atomic E-state index is 12.2. The normalized spacial score (nSPS) is 32.5. The number of hydrogen-bond acceptors (Lipinski definition) is 6. The van der Waals surface area contributed by atoms with Crippen LogP contribution in [0.5, 0.6) is 0 Å². The number of esters is 3. The third-order valence-corrected chi connectivity index (χ3v) is 4.85. The highest BCUT2D eigenvalue weighted by Gasteiger charge is 2.44. The van der Waals surface area contributed by atoms with Crippen molar-refractivity contribution in [3.63, 3.8) is 0 Å². The van der Waals surface area contributed by atoms with Crippen LogP contribution in [0.15, 0.2) is 35.5 Å². The molecule has 2 aliphatic rings. The smallest absolute Gasteiger partial charge is 0.334 e. The molecule has 4 atom stereocenters. The van der Waals surface area contributed by atoms with E-state index in [0.29, 0.717) is 18.4 Å². The molecule has 0 aromatic heterocycles. The van der Waals surface area contributed by atoms with Gasteiger partial charge in [0.15, 0.2) is 0 Å². The van der Waals surface area contributed by atoms with Crippen LogP contribution >= 0.6 is 0 Å². The third-order valence-electron chi connectivity index (χ3n) is 4.85. The van der Waals surface area contributed by atoms with E-state index in [2.05, 4.69) is 6.58 Å². The summed E-state index contributed by atoms with van der Waals surface area (Å²) in [5.41, 5.74) is 2.06.